The fourth-order valence-electron chi connectivity index (χ4n) is 11.4. The lowest BCUT2D eigenvalue weighted by Gasteiger charge is -2.44. The van der Waals surface area contributed by atoms with Crippen LogP contribution < -0.4 is 25.5 Å². The molecule has 3 aliphatic rings. The predicted molar refractivity (Wildman–Crippen MR) is 297 cm³/mol. The van der Waals surface area contributed by atoms with E-state index in [0.29, 0.717) is 17.8 Å². The zero-order valence-corrected chi connectivity index (χ0v) is 43.1. The Balaban J connectivity index is 1.29. The van der Waals surface area contributed by atoms with Gasteiger partial charge in [0.15, 0.2) is 0 Å². The monoisotopic (exact) mass is 912 g/mol. The summed E-state index contributed by atoms with van der Waals surface area (Å²) in [5, 5.41) is 1.16. The summed E-state index contributed by atoms with van der Waals surface area (Å²) < 4.78 is 48.2. The van der Waals surface area contributed by atoms with Gasteiger partial charge in [-0.1, -0.05) is 174 Å². The molecule has 2 nitrogen and oxygen atoms in total. The van der Waals surface area contributed by atoms with E-state index in [4.69, 9.17) is 4.11 Å². The number of thiophene rings is 1. The lowest BCUT2D eigenvalue weighted by molar-refractivity contribution is 0.332. The van der Waals surface area contributed by atoms with Crippen molar-refractivity contribution < 1.29 is 6.85 Å². The van der Waals surface area contributed by atoms with Crippen LogP contribution in [0.3, 0.4) is 0 Å². The Morgan fingerprint density at radius 2 is 1.18 bits per heavy atom. The maximum atomic E-state index is 10.00. The first-order valence-electron chi connectivity index (χ1n) is 27.1. The van der Waals surface area contributed by atoms with Gasteiger partial charge in [-0.05, 0) is 151 Å². The smallest absolute Gasteiger partial charge is 0.264 e. The highest BCUT2D eigenvalue weighted by Gasteiger charge is 2.47. The molecule has 0 spiro atoms. The maximum Gasteiger partial charge on any atom is 0.264 e. The lowest BCUT2D eigenvalue weighted by atomic mass is 9.36. The molecule has 342 valence electrons. The fraction of sp³-hybridized carbons (Fsp3) is 0.312. The normalized spacial score (nSPS) is 17.1. The van der Waals surface area contributed by atoms with Crippen molar-refractivity contribution in [2.75, 3.05) is 9.80 Å². The molecule has 0 N–H and O–H groups in total. The SMILES string of the molecule is [2H]c1cc(C(C)(C)c2ccc3c(c2)B2c4sc5cc6c(cc5c4N(c4c([2H])cc(C(C)(C)C)cc4[2H])c4cc(C)cc(c42)N3c2ccc(C(C)(C)C)cc2-c2ccccc2)C(C)(C)CCC6(C)C)cc([2H])c1[2H]. The Morgan fingerprint density at radius 1 is 0.574 bits per heavy atom. The van der Waals surface area contributed by atoms with Gasteiger partial charge in [0.05, 0.1) is 18.2 Å². The first-order chi connectivity index (χ1) is 34.2. The summed E-state index contributed by atoms with van der Waals surface area (Å²) in [6.07, 6.45) is 2.19. The summed E-state index contributed by atoms with van der Waals surface area (Å²) >= 11 is 1.86. The highest BCUT2D eigenvalue weighted by atomic mass is 32.1. The molecule has 8 aromatic rings. The first-order valence-corrected chi connectivity index (χ1v) is 25.4. The van der Waals surface area contributed by atoms with Crippen LogP contribution >= 0.6 is 11.3 Å². The molecule has 0 unspecified atom stereocenters. The third kappa shape index (κ3) is 7.02. The van der Waals surface area contributed by atoms with Gasteiger partial charge >= 0.3 is 0 Å². The zero-order chi connectivity index (χ0) is 52.2. The fourth-order valence-corrected chi connectivity index (χ4v) is 12.7. The average Bonchev–Trinajstić information content (AvgIpc) is 3.70. The first kappa shape index (κ1) is 39.1. The summed E-state index contributed by atoms with van der Waals surface area (Å²) in [5.74, 6) is 0. The van der Waals surface area contributed by atoms with Gasteiger partial charge in [0.25, 0.3) is 6.71 Å². The second-order valence-electron chi connectivity index (χ2n) is 23.8. The number of benzene rings is 7. The van der Waals surface area contributed by atoms with Crippen molar-refractivity contribution in [3.8, 4) is 11.1 Å². The molecule has 0 fully saturated rings. The summed E-state index contributed by atoms with van der Waals surface area (Å²) in [6.45, 7) is 29.1. The molecule has 68 heavy (non-hydrogen) atoms. The van der Waals surface area contributed by atoms with Crippen LogP contribution in [-0.2, 0) is 27.1 Å². The third-order valence-electron chi connectivity index (χ3n) is 15.8. The Bertz CT molecular complexity index is 3570. The van der Waals surface area contributed by atoms with E-state index in [1.165, 1.54) is 26.2 Å². The van der Waals surface area contributed by atoms with Crippen molar-refractivity contribution in [1.82, 2.24) is 0 Å². The molecular weight excluding hydrogens is 840 g/mol. The molecule has 0 saturated carbocycles. The zero-order valence-electron chi connectivity index (χ0n) is 47.3. The summed E-state index contributed by atoms with van der Waals surface area (Å²) in [6, 6.07) is 42.4. The molecule has 11 rings (SSSR count). The topological polar surface area (TPSA) is 6.48 Å². The minimum atomic E-state index is -0.631. The Hall–Kier alpha value is -5.84. The highest BCUT2D eigenvalue weighted by molar-refractivity contribution is 7.33. The standard InChI is InChI=1S/C64H67BN2S/c1-40-34-54-57-55(35-40)67(52-30-26-44(61(5,6)7)36-47(52)41-20-16-14-17-21-41)53-31-27-45(64(12,13)43-22-18-15-19-23-43)37-51(53)65(57)59-58(66(54)46-28-24-42(25-29-46)60(2,3)4)48-38-49-50(39-56(48)68-59)63(10,11)33-32-62(49,8)9/h14-31,34-39H,32-33H2,1-13H3/i15D,18D,19D,28D,29D. The second-order valence-corrected chi connectivity index (χ2v) is 24.9. The summed E-state index contributed by atoms with van der Waals surface area (Å²) in [5.41, 5.74) is 17.3. The van der Waals surface area contributed by atoms with Crippen LogP contribution in [-0.4, -0.2) is 6.71 Å². The Kier molecular flexibility index (Phi) is 8.81. The Morgan fingerprint density at radius 3 is 1.82 bits per heavy atom. The van der Waals surface area contributed by atoms with Crippen molar-refractivity contribution in [1.29, 1.82) is 0 Å². The van der Waals surface area contributed by atoms with Gasteiger partial charge in [-0.25, -0.2) is 0 Å². The van der Waals surface area contributed by atoms with Crippen LogP contribution in [0, 0.1) is 6.92 Å². The number of fused-ring (bicyclic) bond motifs is 7. The minimum absolute atomic E-state index is 0.00459. The quantitative estimate of drug-likeness (QED) is 0.159. The van der Waals surface area contributed by atoms with Crippen molar-refractivity contribution in [2.24, 2.45) is 0 Å². The summed E-state index contributed by atoms with van der Waals surface area (Å²) in [7, 11) is 0. The molecule has 0 amide bonds. The molecule has 1 aromatic heterocycles. The number of anilines is 6. The van der Waals surface area contributed by atoms with Gasteiger partial charge in [-0.15, -0.1) is 11.3 Å². The van der Waals surface area contributed by atoms with Crippen molar-refractivity contribution in [3.63, 3.8) is 0 Å². The van der Waals surface area contributed by atoms with E-state index in [2.05, 4.69) is 191 Å². The van der Waals surface area contributed by atoms with E-state index >= 15 is 0 Å². The number of hydrogen-bond donors (Lipinski definition) is 0. The molecule has 0 saturated heterocycles. The lowest BCUT2D eigenvalue weighted by Crippen LogP contribution is -2.60. The number of nitrogens with zero attached hydrogens (tertiary/aromatic N) is 2. The Labute approximate surface area is 418 Å². The minimum Gasteiger partial charge on any atom is -0.311 e. The molecule has 0 radical (unpaired) electrons. The maximum absolute atomic E-state index is 10.00. The van der Waals surface area contributed by atoms with E-state index < -0.39 is 5.41 Å². The van der Waals surface area contributed by atoms with Gasteiger partial charge in [0.2, 0.25) is 0 Å². The van der Waals surface area contributed by atoms with E-state index in [0.717, 1.165) is 91.0 Å². The van der Waals surface area contributed by atoms with E-state index in [9.17, 15) is 2.74 Å². The van der Waals surface area contributed by atoms with E-state index in [-0.39, 0.29) is 46.5 Å². The van der Waals surface area contributed by atoms with Crippen LogP contribution in [0.2, 0.25) is 0 Å². The van der Waals surface area contributed by atoms with Crippen molar-refractivity contribution >= 4 is 78.0 Å². The van der Waals surface area contributed by atoms with Crippen LogP contribution in [0.25, 0.3) is 21.2 Å². The molecule has 4 heteroatoms. The van der Waals surface area contributed by atoms with Crippen molar-refractivity contribution in [3.05, 3.63) is 184 Å². The molecule has 2 aliphatic heterocycles. The second kappa shape index (κ2) is 15.3. The van der Waals surface area contributed by atoms with Gasteiger partial charge < -0.3 is 9.80 Å². The van der Waals surface area contributed by atoms with Gasteiger partial charge in [0, 0.05) is 48.6 Å². The summed E-state index contributed by atoms with van der Waals surface area (Å²) in [4.78, 5) is 4.79. The largest absolute Gasteiger partial charge is 0.311 e. The van der Waals surface area contributed by atoms with E-state index in [1.54, 1.807) is 12.1 Å². The predicted octanol–water partition coefficient (Wildman–Crippen LogP) is 16.2. The molecule has 7 aromatic carbocycles. The number of aryl methyl sites for hydroxylation is 1. The molecule has 0 bridgehead atoms. The van der Waals surface area contributed by atoms with Crippen LogP contribution in [0.5, 0.6) is 0 Å². The highest BCUT2D eigenvalue weighted by Crippen LogP contribution is 2.53. The molecule has 3 heterocycles. The van der Waals surface area contributed by atoms with Crippen LogP contribution in [0.1, 0.15) is 142 Å². The van der Waals surface area contributed by atoms with Crippen molar-refractivity contribution in [2.45, 2.75) is 130 Å². The van der Waals surface area contributed by atoms with Gasteiger partial charge in [0.1, 0.15) is 0 Å². The van der Waals surface area contributed by atoms with Crippen LogP contribution in [0.15, 0.2) is 145 Å². The number of hydrogen-bond acceptors (Lipinski definition) is 3. The van der Waals surface area contributed by atoms with E-state index in [1.807, 2.05) is 23.5 Å². The third-order valence-corrected chi connectivity index (χ3v) is 17.0. The molecule has 1 aliphatic carbocycles. The number of rotatable bonds is 5. The van der Waals surface area contributed by atoms with Gasteiger partial charge in [-0.3, -0.25) is 0 Å². The molecular formula is C64H67BN2S. The average molecular weight is 912 g/mol. The van der Waals surface area contributed by atoms with Gasteiger partial charge in [-0.2, -0.15) is 0 Å². The van der Waals surface area contributed by atoms with Crippen LogP contribution in [0.4, 0.5) is 34.1 Å². The molecule has 0 atom stereocenters.